The summed E-state index contributed by atoms with van der Waals surface area (Å²) in [5, 5.41) is 6.02. The first-order valence-corrected chi connectivity index (χ1v) is 12.4. The Bertz CT molecular complexity index is 1200. The molecule has 3 nitrogen and oxygen atoms in total. The Morgan fingerprint density at radius 1 is 0.844 bits per heavy atom. The van der Waals surface area contributed by atoms with E-state index < -0.39 is 0 Å². The summed E-state index contributed by atoms with van der Waals surface area (Å²) in [7, 11) is 0. The number of rotatable bonds is 3. The SMILES string of the molecule is NC(=Nc1ccc2cccc3c2c1CC3)Nc1ccc(C23CC4CC(CC(C4)C2)C3)cc1. The first-order chi connectivity index (χ1) is 15.6. The maximum Gasteiger partial charge on any atom is 0.198 e. The molecule has 0 radical (unpaired) electrons. The molecule has 32 heavy (non-hydrogen) atoms. The van der Waals surface area contributed by atoms with Gasteiger partial charge in [0, 0.05) is 5.69 Å². The van der Waals surface area contributed by atoms with E-state index in [0.717, 1.165) is 42.0 Å². The molecule has 0 amide bonds. The standard InChI is InChI=1S/C29H31N3/c30-28(32-26-11-5-22-3-1-2-21-4-10-25(26)27(21)22)31-24-8-6-23(7-9-24)29-15-18-12-19(16-29)14-20(13-18)17-29/h1-3,5-9,11,18-20H,4,10,12-17H2,(H3,30,31,32). The predicted molar refractivity (Wildman–Crippen MR) is 133 cm³/mol. The third-order valence-corrected chi connectivity index (χ3v) is 8.91. The molecule has 4 saturated carbocycles. The minimum absolute atomic E-state index is 0.444. The molecule has 0 atom stereocenters. The Balaban J connectivity index is 1.13. The fourth-order valence-electron chi connectivity index (χ4n) is 8.03. The van der Waals surface area contributed by atoms with Gasteiger partial charge in [0.05, 0.1) is 5.69 Å². The summed E-state index contributed by atoms with van der Waals surface area (Å²) in [6.45, 7) is 0. The van der Waals surface area contributed by atoms with Crippen LogP contribution in [0, 0.1) is 17.8 Å². The summed E-state index contributed by atoms with van der Waals surface area (Å²) >= 11 is 0. The van der Waals surface area contributed by atoms with Crippen molar-refractivity contribution in [2.45, 2.75) is 56.8 Å². The molecular weight excluding hydrogens is 390 g/mol. The van der Waals surface area contributed by atoms with Gasteiger partial charge in [0.15, 0.2) is 5.96 Å². The lowest BCUT2D eigenvalue weighted by Crippen LogP contribution is -2.48. The maximum atomic E-state index is 6.35. The van der Waals surface area contributed by atoms with Crippen molar-refractivity contribution in [2.75, 3.05) is 5.32 Å². The van der Waals surface area contributed by atoms with Crippen LogP contribution in [0.2, 0.25) is 0 Å². The van der Waals surface area contributed by atoms with E-state index in [1.54, 1.807) is 5.56 Å². The van der Waals surface area contributed by atoms with E-state index in [2.05, 4.69) is 59.9 Å². The number of nitrogens with two attached hydrogens (primary N) is 1. The van der Waals surface area contributed by atoms with Crippen LogP contribution in [0.3, 0.4) is 0 Å². The summed E-state index contributed by atoms with van der Waals surface area (Å²) in [6.07, 6.45) is 10.8. The number of nitrogens with one attached hydrogen (secondary N) is 1. The third-order valence-electron chi connectivity index (χ3n) is 8.91. The number of benzene rings is 3. The smallest absolute Gasteiger partial charge is 0.198 e. The van der Waals surface area contributed by atoms with E-state index >= 15 is 0 Å². The third kappa shape index (κ3) is 2.90. The number of hydrogen-bond acceptors (Lipinski definition) is 1. The molecule has 0 unspecified atom stereocenters. The highest BCUT2D eigenvalue weighted by Gasteiger charge is 2.51. The van der Waals surface area contributed by atoms with Gasteiger partial charge >= 0.3 is 0 Å². The molecule has 4 fully saturated rings. The van der Waals surface area contributed by atoms with Crippen molar-refractivity contribution >= 4 is 28.1 Å². The Hall–Kier alpha value is -2.81. The van der Waals surface area contributed by atoms with Gasteiger partial charge in [-0.25, -0.2) is 4.99 Å². The van der Waals surface area contributed by atoms with Crippen LogP contribution >= 0.6 is 0 Å². The maximum absolute atomic E-state index is 6.35. The Morgan fingerprint density at radius 2 is 1.56 bits per heavy atom. The first kappa shape index (κ1) is 18.7. The first-order valence-electron chi connectivity index (χ1n) is 12.4. The van der Waals surface area contributed by atoms with E-state index in [1.165, 1.54) is 60.4 Å². The van der Waals surface area contributed by atoms with Crippen LogP contribution in [0.5, 0.6) is 0 Å². The molecule has 0 aromatic heterocycles. The minimum atomic E-state index is 0.444. The molecule has 0 heterocycles. The van der Waals surface area contributed by atoms with Crippen molar-refractivity contribution in [3.8, 4) is 0 Å². The molecule has 4 bridgehead atoms. The van der Waals surface area contributed by atoms with E-state index in [0.29, 0.717) is 11.4 Å². The van der Waals surface area contributed by atoms with Crippen molar-refractivity contribution in [3.63, 3.8) is 0 Å². The van der Waals surface area contributed by atoms with Gasteiger partial charge in [-0.2, -0.15) is 0 Å². The van der Waals surface area contributed by atoms with Crippen molar-refractivity contribution in [1.29, 1.82) is 0 Å². The normalized spacial score (nSPS) is 30.2. The van der Waals surface area contributed by atoms with Crippen molar-refractivity contribution in [2.24, 2.45) is 28.5 Å². The van der Waals surface area contributed by atoms with Crippen molar-refractivity contribution in [1.82, 2.24) is 0 Å². The van der Waals surface area contributed by atoms with Crippen LogP contribution in [-0.4, -0.2) is 5.96 Å². The van der Waals surface area contributed by atoms with Gasteiger partial charge in [-0.3, -0.25) is 0 Å². The molecule has 3 heteroatoms. The van der Waals surface area contributed by atoms with E-state index in [9.17, 15) is 0 Å². The zero-order valence-electron chi connectivity index (χ0n) is 18.6. The second-order valence-electron chi connectivity index (χ2n) is 11.0. The molecule has 162 valence electrons. The number of hydrogen-bond donors (Lipinski definition) is 2. The van der Waals surface area contributed by atoms with Crippen LogP contribution in [0.4, 0.5) is 11.4 Å². The fourth-order valence-corrected chi connectivity index (χ4v) is 8.03. The van der Waals surface area contributed by atoms with E-state index in [-0.39, 0.29) is 0 Å². The predicted octanol–water partition coefficient (Wildman–Crippen LogP) is 6.46. The molecule has 0 saturated heterocycles. The highest BCUT2D eigenvalue weighted by molar-refractivity contribution is 5.98. The van der Waals surface area contributed by atoms with Crippen LogP contribution in [-0.2, 0) is 18.3 Å². The topological polar surface area (TPSA) is 50.4 Å². The average Bonchev–Trinajstić information content (AvgIpc) is 3.21. The quantitative estimate of drug-likeness (QED) is 0.376. The van der Waals surface area contributed by atoms with Gasteiger partial charge in [-0.05, 0) is 120 Å². The largest absolute Gasteiger partial charge is 0.369 e. The zero-order valence-corrected chi connectivity index (χ0v) is 18.6. The molecule has 5 aliphatic carbocycles. The number of aryl methyl sites for hydroxylation is 2. The van der Waals surface area contributed by atoms with Gasteiger partial charge in [-0.15, -0.1) is 0 Å². The second kappa shape index (κ2) is 6.84. The van der Waals surface area contributed by atoms with Crippen LogP contribution in [0.1, 0.15) is 55.2 Å². The number of nitrogens with zero attached hydrogens (tertiary/aromatic N) is 1. The lowest BCUT2D eigenvalue weighted by atomic mass is 9.48. The lowest BCUT2D eigenvalue weighted by molar-refractivity contribution is -0.00518. The second-order valence-corrected chi connectivity index (χ2v) is 11.0. The van der Waals surface area contributed by atoms with Crippen LogP contribution < -0.4 is 11.1 Å². The Morgan fingerprint density at radius 3 is 2.28 bits per heavy atom. The van der Waals surface area contributed by atoms with E-state index in [4.69, 9.17) is 10.7 Å². The van der Waals surface area contributed by atoms with E-state index in [1.807, 2.05) is 0 Å². The summed E-state index contributed by atoms with van der Waals surface area (Å²) < 4.78 is 0. The van der Waals surface area contributed by atoms with Gasteiger partial charge in [-0.1, -0.05) is 36.4 Å². The minimum Gasteiger partial charge on any atom is -0.369 e. The summed E-state index contributed by atoms with van der Waals surface area (Å²) in [5.41, 5.74) is 13.1. The molecule has 0 spiro atoms. The number of anilines is 1. The van der Waals surface area contributed by atoms with Crippen molar-refractivity contribution in [3.05, 3.63) is 71.3 Å². The van der Waals surface area contributed by atoms with Gasteiger partial charge in [0.1, 0.15) is 0 Å². The highest BCUT2D eigenvalue weighted by atomic mass is 15.1. The van der Waals surface area contributed by atoms with Crippen LogP contribution in [0.15, 0.2) is 59.6 Å². The average molecular weight is 422 g/mol. The number of guanidine groups is 1. The summed E-state index contributed by atoms with van der Waals surface area (Å²) in [6, 6.07) is 20.0. The number of aliphatic imine (C=N–C) groups is 1. The molecule has 0 aliphatic heterocycles. The molecule has 3 aromatic rings. The highest BCUT2D eigenvalue weighted by Crippen LogP contribution is 2.60. The molecular formula is C29H31N3. The Labute approximate surface area is 190 Å². The van der Waals surface area contributed by atoms with Gasteiger partial charge < -0.3 is 11.1 Å². The lowest BCUT2D eigenvalue weighted by Gasteiger charge is -2.57. The summed E-state index contributed by atoms with van der Waals surface area (Å²) in [5.74, 6) is 3.39. The molecule has 3 N–H and O–H groups in total. The van der Waals surface area contributed by atoms with Crippen molar-refractivity contribution < 1.29 is 0 Å². The molecule has 5 aliphatic rings. The van der Waals surface area contributed by atoms with Crippen LogP contribution in [0.25, 0.3) is 10.8 Å². The molecule has 8 rings (SSSR count). The Kier molecular flexibility index (Phi) is 4.01. The fraction of sp³-hybridized carbons (Fsp3) is 0.414. The van der Waals surface area contributed by atoms with Gasteiger partial charge in [0.25, 0.3) is 0 Å². The monoisotopic (exact) mass is 421 g/mol. The molecule has 3 aromatic carbocycles. The zero-order chi connectivity index (χ0) is 21.3. The van der Waals surface area contributed by atoms with Gasteiger partial charge in [0.2, 0.25) is 0 Å². The summed E-state index contributed by atoms with van der Waals surface area (Å²) in [4.78, 5) is 4.77.